The highest BCUT2D eigenvalue weighted by molar-refractivity contribution is 7.91. The van der Waals surface area contributed by atoms with Crippen LogP contribution in [0.3, 0.4) is 0 Å². The van der Waals surface area contributed by atoms with Crippen molar-refractivity contribution in [1.82, 2.24) is 10.0 Å². The first kappa shape index (κ1) is 14.8. The molecule has 0 saturated carbocycles. The maximum atomic E-state index is 11.2. The van der Waals surface area contributed by atoms with Crippen molar-refractivity contribution < 1.29 is 21.9 Å². The van der Waals surface area contributed by atoms with Crippen molar-refractivity contribution in [2.45, 2.75) is 18.6 Å². The van der Waals surface area contributed by atoms with Crippen molar-refractivity contribution in [3.63, 3.8) is 0 Å². The molecular weight excluding hydrogens is 268 g/mol. The van der Waals surface area contributed by atoms with Gasteiger partial charge in [0.2, 0.25) is 10.0 Å². The maximum Gasteiger partial charge on any atom is 0.208 e. The quantitative estimate of drug-likeness (QED) is 0.472. The van der Waals surface area contributed by atoms with Gasteiger partial charge in [0.1, 0.15) is 0 Å². The average molecular weight is 286 g/mol. The zero-order chi connectivity index (χ0) is 13.1. The molecular formula is C8H18N2O5S2. The van der Waals surface area contributed by atoms with Crippen LogP contribution in [0.5, 0.6) is 0 Å². The van der Waals surface area contributed by atoms with Crippen LogP contribution >= 0.6 is 0 Å². The summed E-state index contributed by atoms with van der Waals surface area (Å²) < 4.78 is 46.2. The van der Waals surface area contributed by atoms with Crippen LogP contribution in [0.25, 0.3) is 0 Å². The second-order valence-corrected chi connectivity index (χ2v) is 8.21. The lowest BCUT2D eigenvalue weighted by Gasteiger charge is -2.14. The molecule has 0 amide bonds. The van der Waals surface area contributed by atoms with Crippen molar-refractivity contribution in [2.75, 3.05) is 30.9 Å². The standard InChI is InChI=1S/C8H18N2O5S2/c1-16(12,13)10-4-2-3-9-7-5-17(14,15)6-8(7)11/h7-11H,2-6H2,1H3. The molecule has 17 heavy (non-hydrogen) atoms. The summed E-state index contributed by atoms with van der Waals surface area (Å²) in [4.78, 5) is 0. The lowest BCUT2D eigenvalue weighted by atomic mass is 10.2. The Bertz CT molecular complexity index is 445. The largest absolute Gasteiger partial charge is 0.390 e. The molecule has 0 aromatic rings. The summed E-state index contributed by atoms with van der Waals surface area (Å²) in [6.07, 6.45) is 0.743. The van der Waals surface area contributed by atoms with Gasteiger partial charge in [0.15, 0.2) is 9.84 Å². The van der Waals surface area contributed by atoms with Crippen molar-refractivity contribution in [2.24, 2.45) is 0 Å². The van der Waals surface area contributed by atoms with Crippen LogP contribution < -0.4 is 10.0 Å². The first-order valence-corrected chi connectivity index (χ1v) is 8.97. The van der Waals surface area contributed by atoms with Gasteiger partial charge in [-0.3, -0.25) is 0 Å². The number of aliphatic hydroxyl groups excluding tert-OH is 1. The minimum absolute atomic E-state index is 0.0618. The number of sulfone groups is 1. The summed E-state index contributed by atoms with van der Waals surface area (Å²) in [5.74, 6) is -0.264. The number of rotatable bonds is 6. The molecule has 0 spiro atoms. The monoisotopic (exact) mass is 286 g/mol. The Balaban J connectivity index is 2.20. The smallest absolute Gasteiger partial charge is 0.208 e. The molecule has 2 atom stereocenters. The van der Waals surface area contributed by atoms with Crippen molar-refractivity contribution in [3.8, 4) is 0 Å². The number of aliphatic hydroxyl groups is 1. The lowest BCUT2D eigenvalue weighted by molar-refractivity contribution is 0.166. The van der Waals surface area contributed by atoms with Crippen LogP contribution in [0.4, 0.5) is 0 Å². The molecule has 0 bridgehead atoms. The van der Waals surface area contributed by atoms with Gasteiger partial charge in [-0.15, -0.1) is 0 Å². The summed E-state index contributed by atoms with van der Waals surface area (Å²) >= 11 is 0. The van der Waals surface area contributed by atoms with Crippen molar-refractivity contribution in [1.29, 1.82) is 0 Å². The Kier molecular flexibility index (Phi) is 4.90. The molecule has 0 radical (unpaired) electrons. The second kappa shape index (κ2) is 5.61. The van der Waals surface area contributed by atoms with Crippen molar-refractivity contribution >= 4 is 19.9 Å². The van der Waals surface area contributed by atoms with E-state index in [0.717, 1.165) is 6.26 Å². The molecule has 0 aromatic heterocycles. The Hall–Kier alpha value is -0.220. The summed E-state index contributed by atoms with van der Waals surface area (Å²) in [6, 6.07) is -0.446. The molecule has 1 aliphatic heterocycles. The van der Waals surface area contributed by atoms with Crippen LogP contribution in [-0.4, -0.2) is 64.9 Å². The van der Waals surface area contributed by atoms with E-state index in [2.05, 4.69) is 10.0 Å². The first-order valence-electron chi connectivity index (χ1n) is 5.26. The van der Waals surface area contributed by atoms with Crippen LogP contribution in [0, 0.1) is 0 Å². The van der Waals surface area contributed by atoms with E-state index in [0.29, 0.717) is 19.5 Å². The fraction of sp³-hybridized carbons (Fsp3) is 1.00. The minimum Gasteiger partial charge on any atom is -0.390 e. The van der Waals surface area contributed by atoms with Crippen LogP contribution in [0.1, 0.15) is 6.42 Å². The first-order chi connectivity index (χ1) is 7.70. The van der Waals surface area contributed by atoms with Gasteiger partial charge in [-0.1, -0.05) is 0 Å². The molecule has 0 aliphatic carbocycles. The summed E-state index contributed by atoms with van der Waals surface area (Å²) in [5.41, 5.74) is 0. The molecule has 9 heteroatoms. The SMILES string of the molecule is CS(=O)(=O)NCCCNC1CS(=O)(=O)CC1O. The molecule has 0 aromatic carbocycles. The van der Waals surface area contributed by atoms with E-state index in [-0.39, 0.29) is 11.5 Å². The van der Waals surface area contributed by atoms with Crippen LogP contribution in [-0.2, 0) is 19.9 Å². The van der Waals surface area contributed by atoms with Crippen LogP contribution in [0.15, 0.2) is 0 Å². The van der Waals surface area contributed by atoms with E-state index < -0.39 is 32.0 Å². The fourth-order valence-electron chi connectivity index (χ4n) is 1.66. The van der Waals surface area contributed by atoms with E-state index in [1.165, 1.54) is 0 Å². The minimum atomic E-state index is -3.18. The van der Waals surface area contributed by atoms with Gasteiger partial charge in [-0.05, 0) is 13.0 Å². The Morgan fingerprint density at radius 2 is 1.94 bits per heavy atom. The fourth-order valence-corrected chi connectivity index (χ4v) is 3.95. The zero-order valence-electron chi connectivity index (χ0n) is 9.59. The predicted molar refractivity (Wildman–Crippen MR) is 63.9 cm³/mol. The van der Waals surface area contributed by atoms with Gasteiger partial charge < -0.3 is 10.4 Å². The predicted octanol–water partition coefficient (Wildman–Crippen LogP) is -2.33. The number of hydrogen-bond acceptors (Lipinski definition) is 6. The highest BCUT2D eigenvalue weighted by atomic mass is 32.2. The van der Waals surface area contributed by atoms with Gasteiger partial charge in [0.25, 0.3) is 0 Å². The molecule has 7 nitrogen and oxygen atoms in total. The third-order valence-corrected chi connectivity index (χ3v) is 4.89. The molecule has 1 rings (SSSR count). The molecule has 1 fully saturated rings. The topological polar surface area (TPSA) is 113 Å². The molecule has 3 N–H and O–H groups in total. The average Bonchev–Trinajstić information content (AvgIpc) is 2.37. The number of sulfonamides is 1. The summed E-state index contributed by atoms with van der Waals surface area (Å²) in [6.45, 7) is 0.751. The Labute approximate surface area is 102 Å². The molecule has 102 valence electrons. The maximum absolute atomic E-state index is 11.2. The van der Waals surface area contributed by atoms with E-state index in [4.69, 9.17) is 0 Å². The van der Waals surface area contributed by atoms with E-state index in [1.807, 2.05) is 0 Å². The third-order valence-electron chi connectivity index (χ3n) is 2.45. The second-order valence-electron chi connectivity index (χ2n) is 4.22. The van der Waals surface area contributed by atoms with Gasteiger partial charge in [0, 0.05) is 12.6 Å². The van der Waals surface area contributed by atoms with E-state index in [1.54, 1.807) is 0 Å². The van der Waals surface area contributed by atoms with E-state index >= 15 is 0 Å². The van der Waals surface area contributed by atoms with Gasteiger partial charge in [0.05, 0.1) is 23.9 Å². The number of hydrogen-bond donors (Lipinski definition) is 3. The van der Waals surface area contributed by atoms with Crippen molar-refractivity contribution in [3.05, 3.63) is 0 Å². The summed E-state index contributed by atoms with van der Waals surface area (Å²) in [5, 5.41) is 12.4. The molecule has 1 aliphatic rings. The normalized spacial score (nSPS) is 28.4. The van der Waals surface area contributed by atoms with Gasteiger partial charge in [-0.25, -0.2) is 21.6 Å². The number of nitrogens with one attached hydrogen (secondary N) is 2. The zero-order valence-corrected chi connectivity index (χ0v) is 11.2. The van der Waals surface area contributed by atoms with Crippen LogP contribution in [0.2, 0.25) is 0 Å². The third kappa shape index (κ3) is 5.77. The van der Waals surface area contributed by atoms with E-state index in [9.17, 15) is 21.9 Å². The van der Waals surface area contributed by atoms with Gasteiger partial charge in [-0.2, -0.15) is 0 Å². The summed E-state index contributed by atoms with van der Waals surface area (Å²) in [7, 11) is -6.31. The highest BCUT2D eigenvalue weighted by Gasteiger charge is 2.35. The highest BCUT2D eigenvalue weighted by Crippen LogP contribution is 2.12. The van der Waals surface area contributed by atoms with Gasteiger partial charge >= 0.3 is 0 Å². The Morgan fingerprint density at radius 3 is 2.41 bits per heavy atom. The molecule has 1 heterocycles. The Morgan fingerprint density at radius 1 is 1.29 bits per heavy atom. The molecule has 1 saturated heterocycles. The molecule has 2 unspecified atom stereocenters. The lowest BCUT2D eigenvalue weighted by Crippen LogP contribution is -2.40.